The van der Waals surface area contributed by atoms with Crippen LogP contribution < -0.4 is 5.32 Å². The van der Waals surface area contributed by atoms with Crippen LogP contribution in [0.2, 0.25) is 0 Å². The van der Waals surface area contributed by atoms with Gasteiger partial charge >= 0.3 is 6.03 Å². The lowest BCUT2D eigenvalue weighted by Crippen LogP contribution is -2.60. The fraction of sp³-hybridized carbons (Fsp3) is 0.900. The molecule has 0 atom stereocenters. The van der Waals surface area contributed by atoms with Crippen molar-refractivity contribution in [2.45, 2.75) is 25.8 Å². The summed E-state index contributed by atoms with van der Waals surface area (Å²) in [7, 11) is 0. The van der Waals surface area contributed by atoms with Crippen molar-refractivity contribution < 1.29 is 4.79 Å². The Morgan fingerprint density at radius 2 is 2.07 bits per heavy atom. The molecule has 0 aromatic heterocycles. The van der Waals surface area contributed by atoms with Crippen molar-refractivity contribution in [3.8, 4) is 0 Å². The highest BCUT2D eigenvalue weighted by Gasteiger charge is 2.31. The molecule has 2 saturated heterocycles. The molecule has 0 aromatic carbocycles. The summed E-state index contributed by atoms with van der Waals surface area (Å²) < 4.78 is 0. The second-order valence-corrected chi connectivity index (χ2v) is 4.07. The summed E-state index contributed by atoms with van der Waals surface area (Å²) in [6.45, 7) is 6.74. The van der Waals surface area contributed by atoms with Crippen LogP contribution in [0.25, 0.3) is 0 Å². The fourth-order valence-corrected chi connectivity index (χ4v) is 2.13. The smallest absolute Gasteiger partial charge is 0.320 e. The Bertz CT molecular complexity index is 209. The van der Waals surface area contributed by atoms with Crippen LogP contribution in [-0.2, 0) is 0 Å². The maximum atomic E-state index is 12.0. The quantitative estimate of drug-likeness (QED) is 0.699. The zero-order valence-electron chi connectivity index (χ0n) is 8.83. The van der Waals surface area contributed by atoms with Gasteiger partial charge in [0, 0.05) is 32.7 Å². The van der Waals surface area contributed by atoms with Crippen molar-refractivity contribution in [2.75, 3.05) is 32.7 Å². The van der Waals surface area contributed by atoms with E-state index in [1.807, 2.05) is 9.80 Å². The molecule has 2 rings (SSSR count). The number of carbonyl (C=O) groups is 1. The molecule has 2 aliphatic rings. The molecule has 0 saturated carbocycles. The number of likely N-dealkylation sites (tertiary alicyclic amines) is 1. The van der Waals surface area contributed by atoms with Gasteiger partial charge in [-0.25, -0.2) is 4.79 Å². The summed E-state index contributed by atoms with van der Waals surface area (Å²) in [5.74, 6) is 0. The first kappa shape index (κ1) is 9.77. The average Bonchev–Trinajstić information content (AvgIpc) is 2.62. The van der Waals surface area contributed by atoms with Gasteiger partial charge in [-0.05, 0) is 19.8 Å². The molecule has 0 aliphatic carbocycles. The fourth-order valence-electron chi connectivity index (χ4n) is 2.13. The van der Waals surface area contributed by atoms with Crippen LogP contribution >= 0.6 is 0 Å². The second kappa shape index (κ2) is 4.17. The third-order valence-electron chi connectivity index (χ3n) is 3.16. The van der Waals surface area contributed by atoms with E-state index in [0.29, 0.717) is 6.04 Å². The van der Waals surface area contributed by atoms with Gasteiger partial charge in [0.2, 0.25) is 0 Å². The first-order valence-electron chi connectivity index (χ1n) is 5.59. The normalized spacial score (nSPS) is 22.2. The Labute approximate surface area is 85.2 Å². The van der Waals surface area contributed by atoms with E-state index in [-0.39, 0.29) is 6.03 Å². The molecule has 2 aliphatic heterocycles. The van der Waals surface area contributed by atoms with Crippen molar-refractivity contribution in [3.05, 3.63) is 0 Å². The lowest BCUT2D eigenvalue weighted by atomic mass is 10.1. The van der Waals surface area contributed by atoms with Crippen LogP contribution in [0.1, 0.15) is 19.8 Å². The number of carbonyl (C=O) groups excluding carboxylic acids is 1. The van der Waals surface area contributed by atoms with Crippen molar-refractivity contribution in [1.82, 2.24) is 15.1 Å². The summed E-state index contributed by atoms with van der Waals surface area (Å²) in [6.07, 6.45) is 2.35. The van der Waals surface area contributed by atoms with Gasteiger partial charge in [0.05, 0.1) is 6.04 Å². The molecule has 0 radical (unpaired) electrons. The molecule has 0 unspecified atom stereocenters. The summed E-state index contributed by atoms with van der Waals surface area (Å²) in [5, 5.41) is 3.21. The number of nitrogens with zero attached hydrogens (tertiary/aromatic N) is 2. The summed E-state index contributed by atoms with van der Waals surface area (Å²) in [6, 6.07) is 0.685. The van der Waals surface area contributed by atoms with Gasteiger partial charge in [0.15, 0.2) is 0 Å². The molecule has 0 bridgehead atoms. The molecule has 14 heavy (non-hydrogen) atoms. The van der Waals surface area contributed by atoms with E-state index < -0.39 is 0 Å². The molecular weight excluding hydrogens is 178 g/mol. The molecular formula is C10H19N3O. The minimum Gasteiger partial charge on any atom is -0.325 e. The van der Waals surface area contributed by atoms with Gasteiger partial charge < -0.3 is 15.1 Å². The van der Waals surface area contributed by atoms with E-state index in [4.69, 9.17) is 0 Å². The van der Waals surface area contributed by atoms with Gasteiger partial charge in [0.1, 0.15) is 0 Å². The van der Waals surface area contributed by atoms with Gasteiger partial charge in [-0.15, -0.1) is 0 Å². The van der Waals surface area contributed by atoms with E-state index in [9.17, 15) is 4.79 Å². The number of hydrogen-bond donors (Lipinski definition) is 1. The van der Waals surface area contributed by atoms with E-state index >= 15 is 0 Å². The van der Waals surface area contributed by atoms with Crippen LogP contribution in [0.5, 0.6) is 0 Å². The second-order valence-electron chi connectivity index (χ2n) is 4.07. The molecule has 0 spiro atoms. The van der Waals surface area contributed by atoms with Crippen molar-refractivity contribution >= 4 is 6.03 Å². The number of likely N-dealkylation sites (N-methyl/N-ethyl adjacent to an activating group) is 1. The van der Waals surface area contributed by atoms with Crippen LogP contribution in [0, 0.1) is 0 Å². The van der Waals surface area contributed by atoms with Crippen LogP contribution in [0.4, 0.5) is 4.79 Å². The number of hydrogen-bond acceptors (Lipinski definition) is 2. The Balaban J connectivity index is 1.92. The monoisotopic (exact) mass is 197 g/mol. The third kappa shape index (κ3) is 1.71. The number of urea groups is 1. The highest BCUT2D eigenvalue weighted by atomic mass is 16.2. The highest BCUT2D eigenvalue weighted by molar-refractivity contribution is 5.75. The lowest BCUT2D eigenvalue weighted by Gasteiger charge is -2.39. The molecule has 2 heterocycles. The van der Waals surface area contributed by atoms with Crippen LogP contribution in [0.15, 0.2) is 0 Å². The molecule has 1 N–H and O–H groups in total. The Hall–Kier alpha value is -0.770. The lowest BCUT2D eigenvalue weighted by molar-refractivity contribution is 0.125. The van der Waals surface area contributed by atoms with E-state index in [1.54, 1.807) is 0 Å². The molecule has 2 amide bonds. The first-order chi connectivity index (χ1) is 6.83. The maximum Gasteiger partial charge on any atom is 0.320 e. The minimum absolute atomic E-state index is 0.247. The first-order valence-corrected chi connectivity index (χ1v) is 5.59. The number of nitrogens with one attached hydrogen (secondary N) is 1. The minimum atomic E-state index is 0.247. The summed E-state index contributed by atoms with van der Waals surface area (Å²) in [4.78, 5) is 16.0. The van der Waals surface area contributed by atoms with Crippen LogP contribution in [0.3, 0.4) is 0 Å². The third-order valence-corrected chi connectivity index (χ3v) is 3.16. The summed E-state index contributed by atoms with van der Waals surface area (Å²) >= 11 is 0. The average molecular weight is 197 g/mol. The standard InChI is InChI=1S/C10H19N3O/c1-2-13(9-7-11-8-9)10(14)12-5-3-4-6-12/h9,11H,2-8H2,1H3. The molecule has 80 valence electrons. The van der Waals surface area contributed by atoms with Crippen LogP contribution in [-0.4, -0.2) is 54.6 Å². The predicted octanol–water partition coefficient (Wildman–Crippen LogP) is 0.496. The number of rotatable bonds is 2. The van der Waals surface area contributed by atoms with E-state index in [1.165, 1.54) is 12.8 Å². The Kier molecular flexibility index (Phi) is 2.91. The van der Waals surface area contributed by atoms with Gasteiger partial charge in [0.25, 0.3) is 0 Å². The molecule has 4 nitrogen and oxygen atoms in total. The van der Waals surface area contributed by atoms with Gasteiger partial charge in [-0.1, -0.05) is 0 Å². The molecule has 0 aromatic rings. The Morgan fingerprint density at radius 1 is 1.43 bits per heavy atom. The molecule has 2 fully saturated rings. The largest absolute Gasteiger partial charge is 0.325 e. The highest BCUT2D eigenvalue weighted by Crippen LogP contribution is 2.14. The molecule has 4 heteroatoms. The number of amides is 2. The van der Waals surface area contributed by atoms with Crippen molar-refractivity contribution in [1.29, 1.82) is 0 Å². The maximum absolute atomic E-state index is 12.0. The van der Waals surface area contributed by atoms with Gasteiger partial charge in [-0.3, -0.25) is 0 Å². The van der Waals surface area contributed by atoms with Gasteiger partial charge in [-0.2, -0.15) is 0 Å². The van der Waals surface area contributed by atoms with E-state index in [2.05, 4.69) is 12.2 Å². The van der Waals surface area contributed by atoms with Crippen molar-refractivity contribution in [3.63, 3.8) is 0 Å². The predicted molar refractivity (Wildman–Crippen MR) is 55.2 cm³/mol. The van der Waals surface area contributed by atoms with Crippen molar-refractivity contribution in [2.24, 2.45) is 0 Å². The topological polar surface area (TPSA) is 35.6 Å². The Morgan fingerprint density at radius 3 is 2.50 bits per heavy atom. The van der Waals surface area contributed by atoms with E-state index in [0.717, 1.165) is 32.7 Å². The SMILES string of the molecule is CCN(C(=O)N1CCCC1)C1CNC1. The summed E-state index contributed by atoms with van der Waals surface area (Å²) in [5.41, 5.74) is 0. The zero-order valence-corrected chi connectivity index (χ0v) is 8.83. The zero-order chi connectivity index (χ0) is 9.97.